The van der Waals surface area contributed by atoms with E-state index in [1.165, 1.54) is 16.8 Å². The van der Waals surface area contributed by atoms with Crippen molar-refractivity contribution in [2.24, 2.45) is 0 Å². The molecule has 0 amide bonds. The highest BCUT2D eigenvalue weighted by molar-refractivity contribution is 5.56. The third kappa shape index (κ3) is 3.10. The third-order valence-electron chi connectivity index (χ3n) is 4.27. The lowest BCUT2D eigenvalue weighted by Crippen LogP contribution is -2.59. The maximum Gasteiger partial charge on any atom is 0.0542 e. The van der Waals surface area contributed by atoms with Gasteiger partial charge in [0, 0.05) is 31.4 Å². The average molecular weight is 261 g/mol. The Bertz CT molecular complexity index is 430. The van der Waals surface area contributed by atoms with E-state index in [-0.39, 0.29) is 0 Å². The fraction of sp³-hybridized carbons (Fsp3) is 0.625. The van der Waals surface area contributed by atoms with Crippen LogP contribution in [0, 0.1) is 13.8 Å². The number of hydrogen-bond donors (Lipinski definition) is 1. The van der Waals surface area contributed by atoms with Crippen molar-refractivity contribution in [2.45, 2.75) is 32.9 Å². The molecule has 2 unspecified atom stereocenters. The minimum absolute atomic E-state index is 0.548. The van der Waals surface area contributed by atoms with Crippen LogP contribution in [-0.4, -0.2) is 50.7 Å². The van der Waals surface area contributed by atoms with Gasteiger partial charge in [0.05, 0.1) is 6.04 Å². The highest BCUT2D eigenvalue weighted by atomic mass is 15.3. The first-order chi connectivity index (χ1) is 9.02. The normalized spacial score (nSPS) is 24.8. The number of nitrogens with one attached hydrogen (secondary N) is 1. The van der Waals surface area contributed by atoms with Crippen LogP contribution in [-0.2, 0) is 0 Å². The molecule has 2 atom stereocenters. The maximum absolute atomic E-state index is 3.34. The Balaban J connectivity index is 2.30. The van der Waals surface area contributed by atoms with Gasteiger partial charge in [-0.25, -0.2) is 0 Å². The van der Waals surface area contributed by atoms with Crippen LogP contribution < -0.4 is 10.2 Å². The van der Waals surface area contributed by atoms with Crippen LogP contribution in [0.15, 0.2) is 18.2 Å². The topological polar surface area (TPSA) is 18.5 Å². The number of likely N-dealkylation sites (N-methyl/N-ethyl adjacent to an activating group) is 2. The van der Waals surface area contributed by atoms with Gasteiger partial charge in [0.15, 0.2) is 0 Å². The average Bonchev–Trinajstić information content (AvgIpc) is 2.37. The van der Waals surface area contributed by atoms with E-state index in [9.17, 15) is 0 Å². The van der Waals surface area contributed by atoms with Crippen molar-refractivity contribution < 1.29 is 0 Å². The summed E-state index contributed by atoms with van der Waals surface area (Å²) in [7, 11) is 4.27. The predicted octanol–water partition coefficient (Wildman–Crippen LogP) is 2.03. The minimum atomic E-state index is 0.548. The second-order valence-electron chi connectivity index (χ2n) is 5.94. The molecule has 0 saturated carbocycles. The molecule has 1 heterocycles. The van der Waals surface area contributed by atoms with Gasteiger partial charge in [0.1, 0.15) is 0 Å². The monoisotopic (exact) mass is 261 g/mol. The summed E-state index contributed by atoms with van der Waals surface area (Å²) in [6, 6.07) is 7.92. The quantitative estimate of drug-likeness (QED) is 0.898. The number of nitrogens with zero attached hydrogens (tertiary/aromatic N) is 2. The first-order valence-corrected chi connectivity index (χ1v) is 7.21. The molecule has 2 rings (SSSR count). The zero-order valence-corrected chi connectivity index (χ0v) is 12.9. The van der Waals surface area contributed by atoms with Crippen LogP contribution in [0.2, 0.25) is 0 Å². The van der Waals surface area contributed by atoms with E-state index in [4.69, 9.17) is 0 Å². The number of piperazine rings is 1. The van der Waals surface area contributed by atoms with E-state index in [1.54, 1.807) is 0 Å². The standard InChI is InChI=1S/C16H27N3/c1-12-6-7-13(2)16(8-12)19-10-14(3)18(5)11-15(19)9-17-4/h6-8,14-15,17H,9-11H2,1-5H3. The number of rotatable bonds is 3. The molecule has 0 radical (unpaired) electrons. The van der Waals surface area contributed by atoms with E-state index in [0.29, 0.717) is 12.1 Å². The second-order valence-corrected chi connectivity index (χ2v) is 5.94. The lowest BCUT2D eigenvalue weighted by atomic mass is 10.0. The van der Waals surface area contributed by atoms with Crippen molar-refractivity contribution in [3.05, 3.63) is 29.3 Å². The third-order valence-corrected chi connectivity index (χ3v) is 4.27. The molecule has 3 heteroatoms. The molecule has 3 nitrogen and oxygen atoms in total. The molecule has 1 aliphatic heterocycles. The number of aryl methyl sites for hydroxylation is 2. The van der Waals surface area contributed by atoms with E-state index >= 15 is 0 Å². The summed E-state index contributed by atoms with van der Waals surface area (Å²) in [5.74, 6) is 0. The van der Waals surface area contributed by atoms with Gasteiger partial charge < -0.3 is 10.2 Å². The summed E-state index contributed by atoms with van der Waals surface area (Å²) in [5.41, 5.74) is 4.12. The molecule has 106 valence electrons. The fourth-order valence-electron chi connectivity index (χ4n) is 2.92. The Hall–Kier alpha value is -1.06. The molecular weight excluding hydrogens is 234 g/mol. The Morgan fingerprint density at radius 1 is 1.26 bits per heavy atom. The summed E-state index contributed by atoms with van der Waals surface area (Å²) in [6.07, 6.45) is 0. The number of benzene rings is 1. The van der Waals surface area contributed by atoms with Crippen LogP contribution in [0.4, 0.5) is 5.69 Å². The zero-order chi connectivity index (χ0) is 14.0. The minimum Gasteiger partial charge on any atom is -0.364 e. The van der Waals surface area contributed by atoms with Crippen LogP contribution >= 0.6 is 0 Å². The molecule has 1 N–H and O–H groups in total. The molecule has 0 bridgehead atoms. The van der Waals surface area contributed by atoms with Gasteiger partial charge in [-0.1, -0.05) is 12.1 Å². The second kappa shape index (κ2) is 5.93. The molecule has 1 aromatic carbocycles. The van der Waals surface area contributed by atoms with Crippen molar-refractivity contribution in [3.63, 3.8) is 0 Å². The molecule has 0 spiro atoms. The Labute approximate surface area is 117 Å². The van der Waals surface area contributed by atoms with Crippen molar-refractivity contribution in [1.82, 2.24) is 10.2 Å². The Morgan fingerprint density at radius 3 is 2.68 bits per heavy atom. The molecular formula is C16H27N3. The number of hydrogen-bond acceptors (Lipinski definition) is 3. The Kier molecular flexibility index (Phi) is 4.48. The van der Waals surface area contributed by atoms with Crippen LogP contribution in [0.1, 0.15) is 18.1 Å². The van der Waals surface area contributed by atoms with E-state index in [1.807, 2.05) is 7.05 Å². The van der Waals surface area contributed by atoms with Crippen LogP contribution in [0.25, 0.3) is 0 Å². The SMILES string of the molecule is CNCC1CN(C)C(C)CN1c1cc(C)ccc1C. The highest BCUT2D eigenvalue weighted by Gasteiger charge is 2.29. The van der Waals surface area contributed by atoms with Crippen LogP contribution in [0.5, 0.6) is 0 Å². The predicted molar refractivity (Wildman–Crippen MR) is 83.1 cm³/mol. The summed E-state index contributed by atoms with van der Waals surface area (Å²) in [5, 5.41) is 3.34. The van der Waals surface area contributed by atoms with Gasteiger partial charge in [-0.3, -0.25) is 4.90 Å². The molecule has 0 aromatic heterocycles. The smallest absolute Gasteiger partial charge is 0.0542 e. The highest BCUT2D eigenvalue weighted by Crippen LogP contribution is 2.27. The first kappa shape index (κ1) is 14.4. The van der Waals surface area contributed by atoms with E-state index in [0.717, 1.165) is 19.6 Å². The first-order valence-electron chi connectivity index (χ1n) is 7.21. The van der Waals surface area contributed by atoms with E-state index in [2.05, 4.69) is 61.1 Å². The lowest BCUT2D eigenvalue weighted by molar-refractivity contribution is 0.198. The van der Waals surface area contributed by atoms with Gasteiger partial charge in [0.2, 0.25) is 0 Å². The van der Waals surface area contributed by atoms with Crippen molar-refractivity contribution >= 4 is 5.69 Å². The van der Waals surface area contributed by atoms with Crippen LogP contribution in [0.3, 0.4) is 0 Å². The lowest BCUT2D eigenvalue weighted by Gasteiger charge is -2.45. The number of anilines is 1. The molecule has 0 aliphatic carbocycles. The zero-order valence-electron chi connectivity index (χ0n) is 12.9. The van der Waals surface area contributed by atoms with Gasteiger partial charge in [-0.05, 0) is 52.1 Å². The summed E-state index contributed by atoms with van der Waals surface area (Å²) < 4.78 is 0. The molecule has 1 fully saturated rings. The van der Waals surface area contributed by atoms with Crippen molar-refractivity contribution in [1.29, 1.82) is 0 Å². The summed E-state index contributed by atoms with van der Waals surface area (Å²) in [6.45, 7) is 9.96. The summed E-state index contributed by atoms with van der Waals surface area (Å²) >= 11 is 0. The van der Waals surface area contributed by atoms with E-state index < -0.39 is 0 Å². The molecule has 19 heavy (non-hydrogen) atoms. The van der Waals surface area contributed by atoms with Gasteiger partial charge >= 0.3 is 0 Å². The molecule has 1 aromatic rings. The van der Waals surface area contributed by atoms with Crippen molar-refractivity contribution in [2.75, 3.05) is 38.6 Å². The fourth-order valence-corrected chi connectivity index (χ4v) is 2.92. The molecule has 1 saturated heterocycles. The molecule has 1 aliphatic rings. The summed E-state index contributed by atoms with van der Waals surface area (Å²) in [4.78, 5) is 5.05. The maximum atomic E-state index is 3.34. The van der Waals surface area contributed by atoms with Gasteiger partial charge in [-0.15, -0.1) is 0 Å². The van der Waals surface area contributed by atoms with Gasteiger partial charge in [0.25, 0.3) is 0 Å². The Morgan fingerprint density at radius 2 is 2.00 bits per heavy atom. The largest absolute Gasteiger partial charge is 0.364 e. The van der Waals surface area contributed by atoms with Gasteiger partial charge in [-0.2, -0.15) is 0 Å². The van der Waals surface area contributed by atoms with Crippen molar-refractivity contribution in [3.8, 4) is 0 Å².